The van der Waals surface area contributed by atoms with E-state index in [9.17, 15) is 4.39 Å². The first-order valence-corrected chi connectivity index (χ1v) is 6.52. The van der Waals surface area contributed by atoms with E-state index in [1.165, 1.54) is 18.6 Å². The SMILES string of the molecule is Cc1cc(CNc2ccc(F)cn2)ccc1-n1cncn1. The highest BCUT2D eigenvalue weighted by molar-refractivity contribution is 5.43. The molecule has 21 heavy (non-hydrogen) atoms. The largest absolute Gasteiger partial charge is 0.366 e. The van der Waals surface area contributed by atoms with Crippen molar-refractivity contribution in [2.24, 2.45) is 0 Å². The number of anilines is 1. The number of aromatic nitrogens is 4. The Kier molecular flexibility index (Phi) is 3.59. The van der Waals surface area contributed by atoms with Gasteiger partial charge in [-0.25, -0.2) is 19.0 Å². The lowest BCUT2D eigenvalue weighted by Gasteiger charge is -2.09. The zero-order valence-corrected chi connectivity index (χ0v) is 11.5. The summed E-state index contributed by atoms with van der Waals surface area (Å²) in [5.41, 5.74) is 3.21. The van der Waals surface area contributed by atoms with Gasteiger partial charge in [0.25, 0.3) is 0 Å². The van der Waals surface area contributed by atoms with Crippen LogP contribution in [0.15, 0.2) is 49.2 Å². The third-order valence-electron chi connectivity index (χ3n) is 3.13. The first-order valence-electron chi connectivity index (χ1n) is 6.52. The smallest absolute Gasteiger partial charge is 0.141 e. The molecule has 106 valence electrons. The Balaban J connectivity index is 1.72. The first kappa shape index (κ1) is 13.2. The van der Waals surface area contributed by atoms with E-state index in [1.54, 1.807) is 17.1 Å². The van der Waals surface area contributed by atoms with Gasteiger partial charge in [0.15, 0.2) is 0 Å². The molecule has 0 aliphatic heterocycles. The summed E-state index contributed by atoms with van der Waals surface area (Å²) < 4.78 is 14.5. The Morgan fingerprint density at radius 2 is 2.14 bits per heavy atom. The van der Waals surface area contributed by atoms with Crippen molar-refractivity contribution in [2.45, 2.75) is 13.5 Å². The van der Waals surface area contributed by atoms with E-state index in [2.05, 4.69) is 26.4 Å². The van der Waals surface area contributed by atoms with Gasteiger partial charge in [-0.3, -0.25) is 0 Å². The highest BCUT2D eigenvalue weighted by Crippen LogP contribution is 2.15. The molecule has 0 saturated carbocycles. The van der Waals surface area contributed by atoms with Gasteiger partial charge in [0.2, 0.25) is 0 Å². The molecule has 0 unspecified atom stereocenters. The number of nitrogens with zero attached hydrogens (tertiary/aromatic N) is 4. The molecule has 0 radical (unpaired) electrons. The van der Waals surface area contributed by atoms with Crippen LogP contribution in [0, 0.1) is 12.7 Å². The zero-order chi connectivity index (χ0) is 14.7. The van der Waals surface area contributed by atoms with Gasteiger partial charge in [-0.15, -0.1) is 0 Å². The molecule has 3 rings (SSSR count). The molecule has 2 aromatic heterocycles. The molecule has 1 N–H and O–H groups in total. The van der Waals surface area contributed by atoms with Crippen LogP contribution in [0.3, 0.4) is 0 Å². The maximum atomic E-state index is 12.8. The van der Waals surface area contributed by atoms with Crippen molar-refractivity contribution in [3.05, 3.63) is 66.1 Å². The van der Waals surface area contributed by atoms with Gasteiger partial charge in [-0.05, 0) is 36.2 Å². The maximum absolute atomic E-state index is 12.8. The molecular formula is C15H14FN5. The molecule has 0 amide bonds. The van der Waals surface area contributed by atoms with Crippen molar-refractivity contribution in [3.8, 4) is 5.69 Å². The Morgan fingerprint density at radius 3 is 2.81 bits per heavy atom. The van der Waals surface area contributed by atoms with E-state index in [4.69, 9.17) is 0 Å². The van der Waals surface area contributed by atoms with Crippen LogP contribution in [0.4, 0.5) is 10.2 Å². The highest BCUT2D eigenvalue weighted by Gasteiger charge is 2.03. The molecule has 5 nitrogen and oxygen atoms in total. The molecule has 0 bridgehead atoms. The van der Waals surface area contributed by atoms with E-state index in [-0.39, 0.29) is 5.82 Å². The van der Waals surface area contributed by atoms with Crippen LogP contribution in [0.5, 0.6) is 0 Å². The molecule has 0 spiro atoms. The lowest BCUT2D eigenvalue weighted by molar-refractivity contribution is 0.621. The van der Waals surface area contributed by atoms with Crippen LogP contribution in [0.25, 0.3) is 5.69 Å². The minimum absolute atomic E-state index is 0.339. The summed E-state index contributed by atoms with van der Waals surface area (Å²) in [6.45, 7) is 2.65. The number of nitrogens with one attached hydrogen (secondary N) is 1. The monoisotopic (exact) mass is 283 g/mol. The summed E-state index contributed by atoms with van der Waals surface area (Å²) in [6, 6.07) is 9.09. The average Bonchev–Trinajstić information content (AvgIpc) is 3.01. The molecule has 3 aromatic rings. The summed E-state index contributed by atoms with van der Waals surface area (Å²) >= 11 is 0. The van der Waals surface area contributed by atoms with Gasteiger partial charge >= 0.3 is 0 Å². The number of hydrogen-bond donors (Lipinski definition) is 1. The van der Waals surface area contributed by atoms with E-state index in [1.807, 2.05) is 19.1 Å². The molecule has 1 aromatic carbocycles. The van der Waals surface area contributed by atoms with Gasteiger partial charge in [0.05, 0.1) is 11.9 Å². The number of aryl methyl sites for hydroxylation is 1. The predicted octanol–water partition coefficient (Wildman–Crippen LogP) is 2.72. The predicted molar refractivity (Wildman–Crippen MR) is 77.6 cm³/mol. The molecule has 0 saturated heterocycles. The van der Waals surface area contributed by atoms with Crippen LogP contribution in [0.2, 0.25) is 0 Å². The fraction of sp³-hybridized carbons (Fsp3) is 0.133. The number of benzene rings is 1. The topological polar surface area (TPSA) is 55.6 Å². The van der Waals surface area contributed by atoms with Crippen molar-refractivity contribution in [3.63, 3.8) is 0 Å². The third kappa shape index (κ3) is 3.05. The van der Waals surface area contributed by atoms with Crippen molar-refractivity contribution in [1.29, 1.82) is 0 Å². The minimum Gasteiger partial charge on any atom is -0.366 e. The number of pyridine rings is 1. The van der Waals surface area contributed by atoms with E-state index in [0.717, 1.165) is 16.8 Å². The second kappa shape index (κ2) is 5.70. The second-order valence-corrected chi connectivity index (χ2v) is 4.68. The van der Waals surface area contributed by atoms with Crippen molar-refractivity contribution in [1.82, 2.24) is 19.7 Å². The van der Waals surface area contributed by atoms with E-state index in [0.29, 0.717) is 12.4 Å². The first-order chi connectivity index (χ1) is 10.2. The summed E-state index contributed by atoms with van der Waals surface area (Å²) in [4.78, 5) is 7.91. The van der Waals surface area contributed by atoms with Gasteiger partial charge in [0.1, 0.15) is 24.3 Å². The van der Waals surface area contributed by atoms with E-state index < -0.39 is 0 Å². The fourth-order valence-electron chi connectivity index (χ4n) is 2.09. The maximum Gasteiger partial charge on any atom is 0.141 e. The molecule has 0 atom stereocenters. The van der Waals surface area contributed by atoms with Crippen LogP contribution in [0.1, 0.15) is 11.1 Å². The van der Waals surface area contributed by atoms with Crippen molar-refractivity contribution in [2.75, 3.05) is 5.32 Å². The molecule has 0 fully saturated rings. The average molecular weight is 283 g/mol. The normalized spacial score (nSPS) is 10.6. The Hall–Kier alpha value is -2.76. The second-order valence-electron chi connectivity index (χ2n) is 4.68. The zero-order valence-electron chi connectivity index (χ0n) is 11.5. The fourth-order valence-corrected chi connectivity index (χ4v) is 2.09. The van der Waals surface area contributed by atoms with Crippen LogP contribution in [-0.4, -0.2) is 19.7 Å². The Labute approximate surface area is 121 Å². The van der Waals surface area contributed by atoms with Crippen molar-refractivity contribution < 1.29 is 4.39 Å². The quantitative estimate of drug-likeness (QED) is 0.800. The van der Waals surface area contributed by atoms with Crippen LogP contribution >= 0.6 is 0 Å². The van der Waals surface area contributed by atoms with E-state index >= 15 is 0 Å². The summed E-state index contributed by atoms with van der Waals surface area (Å²) in [5.74, 6) is 0.308. The summed E-state index contributed by atoms with van der Waals surface area (Å²) in [7, 11) is 0. The highest BCUT2D eigenvalue weighted by atomic mass is 19.1. The Bertz CT molecular complexity index is 722. The third-order valence-corrected chi connectivity index (χ3v) is 3.13. The van der Waals surface area contributed by atoms with Gasteiger partial charge in [-0.2, -0.15) is 5.10 Å². The van der Waals surface area contributed by atoms with Crippen molar-refractivity contribution >= 4 is 5.82 Å². The molecular weight excluding hydrogens is 269 g/mol. The number of halogens is 1. The Morgan fingerprint density at radius 1 is 1.24 bits per heavy atom. The van der Waals surface area contributed by atoms with Gasteiger partial charge in [-0.1, -0.05) is 12.1 Å². The van der Waals surface area contributed by atoms with Crippen LogP contribution < -0.4 is 5.32 Å². The molecule has 6 heteroatoms. The minimum atomic E-state index is -0.339. The summed E-state index contributed by atoms with van der Waals surface area (Å²) in [6.07, 6.45) is 4.37. The standard InChI is InChI=1S/C15H14FN5/c1-11-6-12(2-4-14(11)21-10-17-9-20-21)7-18-15-5-3-13(16)8-19-15/h2-6,8-10H,7H2,1H3,(H,18,19). The molecule has 0 aliphatic rings. The molecule has 0 aliphatic carbocycles. The molecule has 2 heterocycles. The number of rotatable bonds is 4. The van der Waals surface area contributed by atoms with Gasteiger partial charge in [0, 0.05) is 6.54 Å². The summed E-state index contributed by atoms with van der Waals surface area (Å²) in [5, 5.41) is 7.28. The lowest BCUT2D eigenvalue weighted by atomic mass is 10.1. The number of hydrogen-bond acceptors (Lipinski definition) is 4. The lowest BCUT2D eigenvalue weighted by Crippen LogP contribution is -2.03. The van der Waals surface area contributed by atoms with Gasteiger partial charge < -0.3 is 5.32 Å². The van der Waals surface area contributed by atoms with Crippen LogP contribution in [-0.2, 0) is 6.54 Å².